The van der Waals surface area contributed by atoms with Gasteiger partial charge in [0.1, 0.15) is 10.1 Å². The standard InChI is InChI=1S/C20H26N12O8S2/c33-3-1-21-15-27-17(25-9(7-35)13(37)38)31-19(29-15)41-11-5-24-12(6-23-11)42-20-30-16(22-2-4-34)28-18(32-20)26-10(8-36)14(39)40/h5-6,9-10,33-36H,1-4,7-8H2,(H,37,38)(H,39,40)(H2,21,25,27,29,31)(H2,22,26,28,30,32). The molecule has 10 N–H and O–H groups in total. The fraction of sp³-hybridized carbons (Fsp3) is 0.400. The van der Waals surface area contributed by atoms with Crippen molar-refractivity contribution in [1.82, 2.24) is 39.9 Å². The zero-order valence-electron chi connectivity index (χ0n) is 21.4. The Hall–Kier alpha value is -4.22. The SMILES string of the molecule is O=C(O)C(CO)Nc1nc(NCCO)nc(Sc2cnc(Sc3nc(NCCO)nc(NC(CO)C(=O)O)n3)cn2)n1. The number of carbonyl (C=O) groups is 2. The van der Waals surface area contributed by atoms with Crippen molar-refractivity contribution in [2.45, 2.75) is 32.4 Å². The molecule has 3 aromatic heterocycles. The van der Waals surface area contributed by atoms with Gasteiger partial charge in [-0.3, -0.25) is 0 Å². The molecule has 0 aromatic carbocycles. The smallest absolute Gasteiger partial charge is 0.328 e. The maximum absolute atomic E-state index is 11.3. The first kappa shape index (κ1) is 32.3. The molecule has 0 aliphatic heterocycles. The van der Waals surface area contributed by atoms with Gasteiger partial charge in [0.25, 0.3) is 0 Å². The fourth-order valence-corrected chi connectivity index (χ4v) is 4.03. The highest BCUT2D eigenvalue weighted by atomic mass is 32.2. The van der Waals surface area contributed by atoms with E-state index in [-0.39, 0.29) is 60.4 Å². The van der Waals surface area contributed by atoms with Crippen LogP contribution in [0, 0.1) is 0 Å². The molecule has 22 heteroatoms. The van der Waals surface area contributed by atoms with Gasteiger partial charge in [0.05, 0.1) is 38.8 Å². The molecule has 0 spiro atoms. The number of carboxylic acid groups (broad SMARTS) is 2. The van der Waals surface area contributed by atoms with Gasteiger partial charge in [0.2, 0.25) is 34.1 Å². The van der Waals surface area contributed by atoms with E-state index >= 15 is 0 Å². The van der Waals surface area contributed by atoms with E-state index in [2.05, 4.69) is 61.1 Å². The number of aliphatic hydroxyl groups is 4. The number of aliphatic carboxylic acids is 2. The number of carboxylic acids is 2. The second kappa shape index (κ2) is 16.3. The van der Waals surface area contributed by atoms with Crippen molar-refractivity contribution in [3.8, 4) is 0 Å². The van der Waals surface area contributed by atoms with Crippen LogP contribution in [0.25, 0.3) is 0 Å². The Morgan fingerprint density at radius 2 is 1.02 bits per heavy atom. The Morgan fingerprint density at radius 3 is 1.33 bits per heavy atom. The van der Waals surface area contributed by atoms with Crippen LogP contribution in [0.2, 0.25) is 0 Å². The molecule has 2 atom stereocenters. The summed E-state index contributed by atoms with van der Waals surface area (Å²) in [5, 5.41) is 66.5. The normalized spacial score (nSPS) is 12.3. The van der Waals surface area contributed by atoms with Crippen LogP contribution in [0.5, 0.6) is 0 Å². The van der Waals surface area contributed by atoms with E-state index in [0.717, 1.165) is 23.5 Å². The molecule has 0 saturated carbocycles. The minimum absolute atomic E-state index is 0.0439. The first-order valence-electron chi connectivity index (χ1n) is 11.8. The molecule has 0 bridgehead atoms. The second-order valence-electron chi connectivity index (χ2n) is 7.66. The zero-order chi connectivity index (χ0) is 30.5. The average Bonchev–Trinajstić information content (AvgIpc) is 2.97. The minimum atomic E-state index is -1.36. The number of anilines is 4. The molecule has 3 aromatic rings. The summed E-state index contributed by atoms with van der Waals surface area (Å²) in [7, 11) is 0. The maximum Gasteiger partial charge on any atom is 0.328 e. The van der Waals surface area contributed by atoms with Crippen LogP contribution in [-0.2, 0) is 9.59 Å². The van der Waals surface area contributed by atoms with E-state index in [0.29, 0.717) is 10.1 Å². The Morgan fingerprint density at radius 1 is 0.643 bits per heavy atom. The summed E-state index contributed by atoms with van der Waals surface area (Å²) in [5.41, 5.74) is 0. The molecule has 42 heavy (non-hydrogen) atoms. The number of hydrogen-bond acceptors (Lipinski definition) is 20. The van der Waals surface area contributed by atoms with Crippen molar-refractivity contribution in [1.29, 1.82) is 0 Å². The summed E-state index contributed by atoms with van der Waals surface area (Å²) in [6, 6.07) is -2.73. The number of rotatable bonds is 18. The number of nitrogens with one attached hydrogen (secondary N) is 4. The van der Waals surface area contributed by atoms with Crippen LogP contribution < -0.4 is 21.3 Å². The third-order valence-corrected chi connectivity index (χ3v) is 6.15. The Labute approximate surface area is 244 Å². The van der Waals surface area contributed by atoms with Gasteiger partial charge in [0.15, 0.2) is 12.1 Å². The zero-order valence-corrected chi connectivity index (χ0v) is 23.1. The number of nitrogens with zero attached hydrogens (tertiary/aromatic N) is 8. The minimum Gasteiger partial charge on any atom is -0.480 e. The summed E-state index contributed by atoms with van der Waals surface area (Å²) < 4.78 is 0. The first-order chi connectivity index (χ1) is 20.2. The summed E-state index contributed by atoms with van der Waals surface area (Å²) in [6.07, 6.45) is 2.80. The third-order valence-electron chi connectivity index (χ3n) is 4.58. The van der Waals surface area contributed by atoms with E-state index in [9.17, 15) is 30.0 Å². The number of aromatic nitrogens is 8. The van der Waals surface area contributed by atoms with E-state index in [1.807, 2.05) is 0 Å². The molecular weight excluding hydrogens is 600 g/mol. The lowest BCUT2D eigenvalue weighted by molar-refractivity contribution is -0.139. The Bertz CT molecular complexity index is 1240. The van der Waals surface area contributed by atoms with Crippen molar-refractivity contribution in [2.75, 3.05) is 60.8 Å². The van der Waals surface area contributed by atoms with Crippen LogP contribution >= 0.6 is 23.5 Å². The van der Waals surface area contributed by atoms with Crippen LogP contribution in [0.4, 0.5) is 23.8 Å². The number of aliphatic hydroxyl groups excluding tert-OH is 4. The quantitative estimate of drug-likeness (QED) is 0.0707. The largest absolute Gasteiger partial charge is 0.480 e. The van der Waals surface area contributed by atoms with Crippen molar-refractivity contribution in [3.63, 3.8) is 0 Å². The van der Waals surface area contributed by atoms with Gasteiger partial charge in [-0.2, -0.15) is 29.9 Å². The Balaban J connectivity index is 1.78. The van der Waals surface area contributed by atoms with Crippen molar-refractivity contribution in [2.24, 2.45) is 0 Å². The summed E-state index contributed by atoms with van der Waals surface area (Å²) in [5.74, 6) is -2.81. The van der Waals surface area contributed by atoms with E-state index in [1.54, 1.807) is 0 Å². The topological polar surface area (TPSA) is 307 Å². The summed E-state index contributed by atoms with van der Waals surface area (Å²) in [4.78, 5) is 55.9. The molecule has 226 valence electrons. The van der Waals surface area contributed by atoms with Gasteiger partial charge in [-0.15, -0.1) is 0 Å². The molecule has 3 heterocycles. The predicted molar refractivity (Wildman–Crippen MR) is 145 cm³/mol. The lowest BCUT2D eigenvalue weighted by Gasteiger charge is -2.13. The highest BCUT2D eigenvalue weighted by Crippen LogP contribution is 2.28. The molecule has 0 radical (unpaired) electrons. The molecular formula is C20H26N12O8S2. The monoisotopic (exact) mass is 626 g/mol. The average molecular weight is 627 g/mol. The number of hydrogen-bond donors (Lipinski definition) is 10. The first-order valence-corrected chi connectivity index (χ1v) is 13.5. The van der Waals surface area contributed by atoms with Crippen molar-refractivity contribution >= 4 is 59.3 Å². The third kappa shape index (κ3) is 10.0. The molecule has 0 aliphatic rings. The fourth-order valence-electron chi connectivity index (χ4n) is 2.71. The van der Waals surface area contributed by atoms with Crippen LogP contribution in [0.1, 0.15) is 0 Å². The highest BCUT2D eigenvalue weighted by molar-refractivity contribution is 7.99. The van der Waals surface area contributed by atoms with Gasteiger partial charge < -0.3 is 51.9 Å². The molecule has 0 amide bonds. The molecule has 0 fully saturated rings. The summed E-state index contributed by atoms with van der Waals surface area (Å²) in [6.45, 7) is -1.63. The highest BCUT2D eigenvalue weighted by Gasteiger charge is 2.20. The van der Waals surface area contributed by atoms with Gasteiger partial charge >= 0.3 is 11.9 Å². The van der Waals surface area contributed by atoms with Crippen LogP contribution in [0.3, 0.4) is 0 Å². The van der Waals surface area contributed by atoms with E-state index in [1.165, 1.54) is 12.4 Å². The van der Waals surface area contributed by atoms with Crippen molar-refractivity contribution < 1.29 is 40.2 Å². The molecule has 0 aliphatic carbocycles. The maximum atomic E-state index is 11.3. The molecule has 3 rings (SSSR count). The summed E-state index contributed by atoms with van der Waals surface area (Å²) >= 11 is 1.94. The lowest BCUT2D eigenvalue weighted by Crippen LogP contribution is -2.33. The lowest BCUT2D eigenvalue weighted by atomic mass is 10.3. The van der Waals surface area contributed by atoms with E-state index < -0.39 is 37.2 Å². The van der Waals surface area contributed by atoms with Crippen molar-refractivity contribution in [3.05, 3.63) is 12.4 Å². The van der Waals surface area contributed by atoms with Crippen LogP contribution in [-0.4, -0.2) is 134 Å². The predicted octanol–water partition coefficient (Wildman–Crippen LogP) is -2.33. The van der Waals surface area contributed by atoms with E-state index in [4.69, 9.17) is 10.2 Å². The van der Waals surface area contributed by atoms with Crippen LogP contribution in [0.15, 0.2) is 32.8 Å². The molecule has 0 saturated heterocycles. The van der Waals surface area contributed by atoms with Gasteiger partial charge in [0, 0.05) is 13.1 Å². The van der Waals surface area contributed by atoms with Gasteiger partial charge in [-0.1, -0.05) is 0 Å². The molecule has 20 nitrogen and oxygen atoms in total. The van der Waals surface area contributed by atoms with Gasteiger partial charge in [-0.05, 0) is 23.5 Å². The molecule has 2 unspecified atom stereocenters. The Kier molecular flexibility index (Phi) is 12.5. The van der Waals surface area contributed by atoms with Gasteiger partial charge in [-0.25, -0.2) is 19.6 Å². The second-order valence-corrected chi connectivity index (χ2v) is 9.64.